The van der Waals surface area contributed by atoms with Gasteiger partial charge in [-0.2, -0.15) is 0 Å². The van der Waals surface area contributed by atoms with Gasteiger partial charge in [0.15, 0.2) is 11.5 Å². The quantitative estimate of drug-likeness (QED) is 0.808. The molecule has 0 aromatic heterocycles. The van der Waals surface area contributed by atoms with Gasteiger partial charge in [0.25, 0.3) is 0 Å². The third kappa shape index (κ3) is 3.47. The summed E-state index contributed by atoms with van der Waals surface area (Å²) in [5.41, 5.74) is -0.871. The molecule has 0 heterocycles. The number of para-hydroxylation sites is 2. The van der Waals surface area contributed by atoms with Crippen LogP contribution >= 0.6 is 0 Å². The zero-order valence-electron chi connectivity index (χ0n) is 12.6. The van der Waals surface area contributed by atoms with Crippen LogP contribution in [0.3, 0.4) is 0 Å². The minimum atomic E-state index is -0.871. The Labute approximate surface area is 125 Å². The molecular weight excluding hydrogens is 270 g/mol. The number of carboxylic acids is 1. The number of carboxylic acid groups (broad SMARTS) is 1. The van der Waals surface area contributed by atoms with Crippen molar-refractivity contribution in [1.29, 1.82) is 0 Å². The lowest BCUT2D eigenvalue weighted by atomic mass is 9.98. The second kappa shape index (κ2) is 6.80. The van der Waals surface area contributed by atoms with Gasteiger partial charge < -0.3 is 19.9 Å². The van der Waals surface area contributed by atoms with Crippen LogP contribution in [-0.2, 0) is 4.79 Å². The molecular formula is C16H23NO4. The summed E-state index contributed by atoms with van der Waals surface area (Å²) >= 11 is 0. The lowest BCUT2D eigenvalue weighted by Gasteiger charge is -2.23. The summed E-state index contributed by atoms with van der Waals surface area (Å²) in [4.78, 5) is 11.4. The molecule has 0 bridgehead atoms. The molecule has 5 heteroatoms. The maximum Gasteiger partial charge on any atom is 0.324 e. The van der Waals surface area contributed by atoms with E-state index in [1.165, 1.54) is 0 Å². The van der Waals surface area contributed by atoms with Crippen LogP contribution in [0.5, 0.6) is 11.5 Å². The zero-order valence-corrected chi connectivity index (χ0v) is 12.6. The number of likely N-dealkylation sites (N-methyl/N-ethyl adjacent to an activating group) is 1. The van der Waals surface area contributed by atoms with Gasteiger partial charge in [-0.3, -0.25) is 4.79 Å². The number of aliphatic carboxylic acids is 1. The van der Waals surface area contributed by atoms with Gasteiger partial charge >= 0.3 is 5.97 Å². The van der Waals surface area contributed by atoms with Crippen molar-refractivity contribution in [3.05, 3.63) is 24.3 Å². The Morgan fingerprint density at radius 3 is 2.71 bits per heavy atom. The fourth-order valence-electron chi connectivity index (χ4n) is 2.69. The van der Waals surface area contributed by atoms with Crippen LogP contribution < -0.4 is 14.8 Å². The number of ether oxygens (including phenoxy) is 2. The molecule has 1 aromatic carbocycles. The first-order chi connectivity index (χ1) is 10.1. The molecule has 2 unspecified atom stereocenters. The Bertz CT molecular complexity index is 491. The Morgan fingerprint density at radius 2 is 2.14 bits per heavy atom. The maximum atomic E-state index is 11.4. The molecule has 2 N–H and O–H groups in total. The van der Waals surface area contributed by atoms with Crippen LogP contribution in [0.1, 0.15) is 32.6 Å². The summed E-state index contributed by atoms with van der Waals surface area (Å²) in [5, 5.41) is 12.3. The molecule has 1 fully saturated rings. The summed E-state index contributed by atoms with van der Waals surface area (Å²) in [6.45, 7) is 2.69. The van der Waals surface area contributed by atoms with Gasteiger partial charge in [-0.15, -0.1) is 0 Å². The number of carbonyl (C=O) groups is 1. The Morgan fingerprint density at radius 1 is 1.43 bits per heavy atom. The van der Waals surface area contributed by atoms with Crippen LogP contribution in [0.2, 0.25) is 0 Å². The summed E-state index contributed by atoms with van der Waals surface area (Å²) in [6.07, 6.45) is 2.57. The van der Waals surface area contributed by atoms with E-state index in [0.717, 1.165) is 18.6 Å². The van der Waals surface area contributed by atoms with Crippen molar-refractivity contribution in [3.63, 3.8) is 0 Å². The molecule has 0 spiro atoms. The molecule has 5 nitrogen and oxygen atoms in total. The number of nitrogens with one attached hydrogen (secondary N) is 1. The average Bonchev–Trinajstić information content (AvgIpc) is 2.91. The smallest absolute Gasteiger partial charge is 0.324 e. The van der Waals surface area contributed by atoms with E-state index in [4.69, 9.17) is 9.47 Å². The van der Waals surface area contributed by atoms with Crippen LogP contribution in [0.25, 0.3) is 0 Å². The number of hydrogen-bond acceptors (Lipinski definition) is 4. The molecule has 116 valence electrons. The Hall–Kier alpha value is -1.75. The highest BCUT2D eigenvalue weighted by Gasteiger charge is 2.45. The molecule has 1 aromatic rings. The highest BCUT2D eigenvalue weighted by atomic mass is 16.5. The fraction of sp³-hybridized carbons (Fsp3) is 0.562. The Balaban J connectivity index is 2.05. The molecule has 2 rings (SSSR count). The SMILES string of the molecule is CCCOc1ccccc1OC1CCC(NC)(C(=O)O)C1. The minimum absolute atomic E-state index is 0.111. The van der Waals surface area contributed by atoms with E-state index in [0.29, 0.717) is 25.2 Å². The molecule has 1 aliphatic rings. The molecule has 0 saturated heterocycles. The second-order valence-corrected chi connectivity index (χ2v) is 5.42. The summed E-state index contributed by atoms with van der Waals surface area (Å²) < 4.78 is 11.6. The number of hydrogen-bond donors (Lipinski definition) is 2. The molecule has 21 heavy (non-hydrogen) atoms. The third-order valence-electron chi connectivity index (χ3n) is 3.96. The summed E-state index contributed by atoms with van der Waals surface area (Å²) in [6, 6.07) is 7.54. The topological polar surface area (TPSA) is 67.8 Å². The first-order valence-electron chi connectivity index (χ1n) is 7.42. The van der Waals surface area contributed by atoms with Crippen molar-refractivity contribution >= 4 is 5.97 Å². The number of benzene rings is 1. The molecule has 1 saturated carbocycles. The molecule has 0 radical (unpaired) electrons. The van der Waals surface area contributed by atoms with E-state index in [1.807, 2.05) is 24.3 Å². The van der Waals surface area contributed by atoms with Crippen molar-refractivity contribution in [3.8, 4) is 11.5 Å². The van der Waals surface area contributed by atoms with Gasteiger partial charge in [0, 0.05) is 6.42 Å². The van der Waals surface area contributed by atoms with E-state index in [2.05, 4.69) is 12.2 Å². The number of rotatable bonds is 7. The van der Waals surface area contributed by atoms with E-state index < -0.39 is 11.5 Å². The first-order valence-corrected chi connectivity index (χ1v) is 7.42. The molecule has 1 aliphatic carbocycles. The maximum absolute atomic E-state index is 11.4. The second-order valence-electron chi connectivity index (χ2n) is 5.42. The normalized spacial score (nSPS) is 24.8. The molecule has 0 amide bonds. The monoisotopic (exact) mass is 293 g/mol. The average molecular weight is 293 g/mol. The predicted molar refractivity (Wildman–Crippen MR) is 79.9 cm³/mol. The van der Waals surface area contributed by atoms with E-state index in [9.17, 15) is 9.90 Å². The van der Waals surface area contributed by atoms with Gasteiger partial charge in [-0.25, -0.2) is 0 Å². The largest absolute Gasteiger partial charge is 0.490 e. The predicted octanol–water partition coefficient (Wildman–Crippen LogP) is 2.45. The van der Waals surface area contributed by atoms with Crippen molar-refractivity contribution < 1.29 is 19.4 Å². The van der Waals surface area contributed by atoms with Crippen molar-refractivity contribution in [2.45, 2.75) is 44.2 Å². The van der Waals surface area contributed by atoms with Crippen molar-refractivity contribution in [2.24, 2.45) is 0 Å². The zero-order chi connectivity index (χ0) is 15.3. The van der Waals surface area contributed by atoms with E-state index in [1.54, 1.807) is 7.05 Å². The summed E-state index contributed by atoms with van der Waals surface area (Å²) in [5.74, 6) is 0.594. The van der Waals surface area contributed by atoms with Gasteiger partial charge in [0.2, 0.25) is 0 Å². The first kappa shape index (κ1) is 15.6. The van der Waals surface area contributed by atoms with E-state index >= 15 is 0 Å². The van der Waals surface area contributed by atoms with Crippen LogP contribution in [0, 0.1) is 0 Å². The minimum Gasteiger partial charge on any atom is -0.490 e. The van der Waals surface area contributed by atoms with Crippen molar-refractivity contribution in [1.82, 2.24) is 5.32 Å². The van der Waals surface area contributed by atoms with Crippen LogP contribution in [0.15, 0.2) is 24.3 Å². The molecule has 0 aliphatic heterocycles. The highest BCUT2D eigenvalue weighted by Crippen LogP contribution is 2.35. The fourth-order valence-corrected chi connectivity index (χ4v) is 2.69. The standard InChI is InChI=1S/C16H23NO4/c1-3-10-20-13-6-4-5-7-14(13)21-12-8-9-16(11-12,17-2)15(18)19/h4-7,12,17H,3,8-11H2,1-2H3,(H,18,19). The summed E-state index contributed by atoms with van der Waals surface area (Å²) in [7, 11) is 1.69. The van der Waals surface area contributed by atoms with Crippen molar-refractivity contribution in [2.75, 3.05) is 13.7 Å². The van der Waals surface area contributed by atoms with Gasteiger partial charge in [0.1, 0.15) is 11.6 Å². The lowest BCUT2D eigenvalue weighted by molar-refractivity contribution is -0.144. The van der Waals surface area contributed by atoms with Crippen LogP contribution in [0.4, 0.5) is 0 Å². The van der Waals surface area contributed by atoms with E-state index in [-0.39, 0.29) is 6.10 Å². The highest BCUT2D eigenvalue weighted by molar-refractivity contribution is 5.79. The van der Waals surface area contributed by atoms with Gasteiger partial charge in [0.05, 0.1) is 6.61 Å². The lowest BCUT2D eigenvalue weighted by Crippen LogP contribution is -2.48. The van der Waals surface area contributed by atoms with Crippen LogP contribution in [-0.4, -0.2) is 36.4 Å². The molecule has 2 atom stereocenters. The Kier molecular flexibility index (Phi) is 5.07. The van der Waals surface area contributed by atoms with Gasteiger partial charge in [-0.1, -0.05) is 19.1 Å². The third-order valence-corrected chi connectivity index (χ3v) is 3.96. The van der Waals surface area contributed by atoms with Gasteiger partial charge in [-0.05, 0) is 38.4 Å².